The molecular weight excluding hydrogens is 330 g/mol. The summed E-state index contributed by atoms with van der Waals surface area (Å²) in [6.45, 7) is 5.45. The summed E-state index contributed by atoms with van der Waals surface area (Å²) < 4.78 is 1.19. The van der Waals surface area contributed by atoms with Crippen LogP contribution in [-0.4, -0.2) is 6.54 Å². The predicted octanol–water partition coefficient (Wildman–Crippen LogP) is 5.49. The largest absolute Gasteiger partial charge is 0.310 e. The molecule has 2 aromatic rings. The first kappa shape index (κ1) is 15.7. The highest BCUT2D eigenvalue weighted by Gasteiger charge is 2.12. The van der Waals surface area contributed by atoms with Crippen molar-refractivity contribution in [2.75, 3.05) is 6.54 Å². The van der Waals surface area contributed by atoms with Gasteiger partial charge in [-0.2, -0.15) is 0 Å². The molecule has 0 aliphatic carbocycles. The molecule has 0 saturated heterocycles. The van der Waals surface area contributed by atoms with Crippen LogP contribution in [0, 0.1) is 6.92 Å². The van der Waals surface area contributed by atoms with E-state index < -0.39 is 0 Å². The molecule has 1 heterocycles. The van der Waals surface area contributed by atoms with Gasteiger partial charge in [0.15, 0.2) is 0 Å². The van der Waals surface area contributed by atoms with E-state index in [1.165, 1.54) is 26.9 Å². The van der Waals surface area contributed by atoms with Crippen molar-refractivity contribution in [1.29, 1.82) is 0 Å². The van der Waals surface area contributed by atoms with Crippen LogP contribution in [0.2, 0.25) is 0 Å². The third-order valence-electron chi connectivity index (χ3n) is 3.48. The average molecular weight is 352 g/mol. The van der Waals surface area contributed by atoms with Gasteiger partial charge >= 0.3 is 0 Å². The van der Waals surface area contributed by atoms with E-state index in [-0.39, 0.29) is 0 Å². The highest BCUT2D eigenvalue weighted by Crippen LogP contribution is 2.25. The van der Waals surface area contributed by atoms with Crippen LogP contribution in [-0.2, 0) is 6.42 Å². The van der Waals surface area contributed by atoms with Crippen molar-refractivity contribution in [1.82, 2.24) is 5.32 Å². The lowest BCUT2D eigenvalue weighted by molar-refractivity contribution is 0.500. The summed E-state index contributed by atoms with van der Waals surface area (Å²) in [7, 11) is 0. The van der Waals surface area contributed by atoms with Gasteiger partial charge in [0.25, 0.3) is 0 Å². The third-order valence-corrected chi connectivity index (χ3v) is 5.31. The Morgan fingerprint density at radius 3 is 2.80 bits per heavy atom. The topological polar surface area (TPSA) is 12.0 Å². The lowest BCUT2D eigenvalue weighted by Gasteiger charge is -2.19. The first-order chi connectivity index (χ1) is 9.70. The van der Waals surface area contributed by atoms with Gasteiger partial charge in [0, 0.05) is 15.4 Å². The Bertz CT molecular complexity index is 522. The third kappa shape index (κ3) is 4.44. The van der Waals surface area contributed by atoms with E-state index in [1.807, 2.05) is 11.3 Å². The Morgan fingerprint density at radius 1 is 1.30 bits per heavy atom. The quantitative estimate of drug-likeness (QED) is 0.694. The lowest BCUT2D eigenvalue weighted by atomic mass is 9.99. The summed E-state index contributed by atoms with van der Waals surface area (Å²) >= 11 is 5.44. The van der Waals surface area contributed by atoms with Gasteiger partial charge in [0.05, 0.1) is 0 Å². The maximum Gasteiger partial charge on any atom is 0.0323 e. The van der Waals surface area contributed by atoms with Crippen LogP contribution in [0.1, 0.15) is 41.8 Å². The maximum atomic E-state index is 3.68. The van der Waals surface area contributed by atoms with Gasteiger partial charge in [0.1, 0.15) is 0 Å². The highest BCUT2D eigenvalue weighted by atomic mass is 79.9. The Kier molecular flexibility index (Phi) is 6.27. The summed E-state index contributed by atoms with van der Waals surface area (Å²) in [5.41, 5.74) is 2.71. The Labute approximate surface area is 134 Å². The molecule has 0 spiro atoms. The molecule has 0 fully saturated rings. The number of hydrogen-bond donors (Lipinski definition) is 1. The highest BCUT2D eigenvalue weighted by molar-refractivity contribution is 9.10. The van der Waals surface area contributed by atoms with Gasteiger partial charge in [-0.05, 0) is 61.4 Å². The van der Waals surface area contributed by atoms with E-state index in [1.54, 1.807) is 0 Å². The van der Waals surface area contributed by atoms with Gasteiger partial charge in [-0.15, -0.1) is 11.3 Å². The van der Waals surface area contributed by atoms with Crippen LogP contribution in [0.15, 0.2) is 40.2 Å². The molecule has 1 nitrogen and oxygen atoms in total. The number of halogens is 1. The fraction of sp³-hybridized carbons (Fsp3) is 0.412. The SMILES string of the molecule is CCCNC(CCc1cccs1)c1ccc(Br)c(C)c1. The molecule has 0 aliphatic rings. The summed E-state index contributed by atoms with van der Waals surface area (Å²) in [4.78, 5) is 1.47. The molecule has 20 heavy (non-hydrogen) atoms. The summed E-state index contributed by atoms with van der Waals surface area (Å²) in [6, 6.07) is 11.5. The molecule has 0 bridgehead atoms. The number of hydrogen-bond acceptors (Lipinski definition) is 2. The second-order valence-corrected chi connectivity index (χ2v) is 7.02. The minimum Gasteiger partial charge on any atom is -0.310 e. The molecule has 2 rings (SSSR count). The molecule has 0 aliphatic heterocycles. The fourth-order valence-electron chi connectivity index (χ4n) is 2.33. The average Bonchev–Trinajstić information content (AvgIpc) is 2.95. The number of benzene rings is 1. The predicted molar refractivity (Wildman–Crippen MR) is 92.6 cm³/mol. The lowest BCUT2D eigenvalue weighted by Crippen LogP contribution is -2.22. The van der Waals surface area contributed by atoms with E-state index in [2.05, 4.69) is 70.8 Å². The monoisotopic (exact) mass is 351 g/mol. The second-order valence-electron chi connectivity index (χ2n) is 5.13. The molecule has 0 radical (unpaired) electrons. The van der Waals surface area contributed by atoms with Crippen molar-refractivity contribution in [2.24, 2.45) is 0 Å². The van der Waals surface area contributed by atoms with Crippen molar-refractivity contribution in [3.8, 4) is 0 Å². The molecule has 3 heteroatoms. The molecule has 1 aromatic carbocycles. The van der Waals surface area contributed by atoms with Crippen LogP contribution < -0.4 is 5.32 Å². The number of rotatable bonds is 7. The summed E-state index contributed by atoms with van der Waals surface area (Å²) in [5.74, 6) is 0. The van der Waals surface area contributed by atoms with E-state index >= 15 is 0 Å². The molecule has 1 unspecified atom stereocenters. The number of nitrogens with one attached hydrogen (secondary N) is 1. The van der Waals surface area contributed by atoms with Crippen LogP contribution in [0.25, 0.3) is 0 Å². The number of thiophene rings is 1. The van der Waals surface area contributed by atoms with Gasteiger partial charge in [-0.25, -0.2) is 0 Å². The van der Waals surface area contributed by atoms with Gasteiger partial charge < -0.3 is 5.32 Å². The van der Waals surface area contributed by atoms with Crippen LogP contribution in [0.3, 0.4) is 0 Å². The van der Waals surface area contributed by atoms with Gasteiger partial charge in [-0.1, -0.05) is 41.1 Å². The molecule has 0 amide bonds. The van der Waals surface area contributed by atoms with Crippen LogP contribution >= 0.6 is 27.3 Å². The van der Waals surface area contributed by atoms with Crippen molar-refractivity contribution in [3.63, 3.8) is 0 Å². The standard InChI is InChI=1S/C17H22BrNS/c1-3-10-19-17(9-7-15-5-4-11-20-15)14-6-8-16(18)13(2)12-14/h4-6,8,11-12,17,19H,3,7,9-10H2,1-2H3. The first-order valence-electron chi connectivity index (χ1n) is 7.22. The molecular formula is C17H22BrNS. The number of aryl methyl sites for hydroxylation is 2. The van der Waals surface area contributed by atoms with Crippen molar-refractivity contribution >= 4 is 27.3 Å². The van der Waals surface area contributed by atoms with E-state index in [4.69, 9.17) is 0 Å². The summed E-state index contributed by atoms with van der Waals surface area (Å²) in [6.07, 6.45) is 3.47. The Hall–Kier alpha value is -0.640. The van der Waals surface area contributed by atoms with Gasteiger partial charge in [0.2, 0.25) is 0 Å². The van der Waals surface area contributed by atoms with Crippen LogP contribution in [0.4, 0.5) is 0 Å². The zero-order valence-electron chi connectivity index (χ0n) is 12.2. The van der Waals surface area contributed by atoms with E-state index in [0.717, 1.165) is 19.4 Å². The maximum absolute atomic E-state index is 3.68. The van der Waals surface area contributed by atoms with Crippen molar-refractivity contribution < 1.29 is 0 Å². The minimum atomic E-state index is 0.448. The zero-order valence-corrected chi connectivity index (χ0v) is 14.6. The van der Waals surface area contributed by atoms with Crippen molar-refractivity contribution in [3.05, 3.63) is 56.2 Å². The molecule has 1 N–H and O–H groups in total. The molecule has 1 aromatic heterocycles. The van der Waals surface area contributed by atoms with Crippen molar-refractivity contribution in [2.45, 2.75) is 39.2 Å². The normalized spacial score (nSPS) is 12.6. The van der Waals surface area contributed by atoms with E-state index in [0.29, 0.717) is 6.04 Å². The Balaban J connectivity index is 2.07. The zero-order chi connectivity index (χ0) is 14.4. The minimum absolute atomic E-state index is 0.448. The first-order valence-corrected chi connectivity index (χ1v) is 8.89. The summed E-state index contributed by atoms with van der Waals surface area (Å²) in [5, 5.41) is 5.84. The molecule has 1 atom stereocenters. The second kappa shape index (κ2) is 7.96. The smallest absolute Gasteiger partial charge is 0.0323 e. The fourth-order valence-corrected chi connectivity index (χ4v) is 3.30. The van der Waals surface area contributed by atoms with Crippen LogP contribution in [0.5, 0.6) is 0 Å². The molecule has 108 valence electrons. The van der Waals surface area contributed by atoms with Gasteiger partial charge in [-0.3, -0.25) is 0 Å². The Morgan fingerprint density at radius 2 is 2.15 bits per heavy atom. The van der Waals surface area contributed by atoms with E-state index in [9.17, 15) is 0 Å². The molecule has 0 saturated carbocycles.